The van der Waals surface area contributed by atoms with Crippen LogP contribution >= 0.6 is 0 Å². The van der Waals surface area contributed by atoms with Gasteiger partial charge in [0, 0.05) is 0 Å². The van der Waals surface area contributed by atoms with Gasteiger partial charge in [-0.05, 0) is 21.1 Å². The van der Waals surface area contributed by atoms with Crippen molar-refractivity contribution in [2.24, 2.45) is 17.2 Å². The lowest BCUT2D eigenvalue weighted by Gasteiger charge is -2.50. The van der Waals surface area contributed by atoms with Gasteiger partial charge >= 0.3 is 0 Å². The van der Waals surface area contributed by atoms with E-state index in [1.165, 1.54) is 0 Å². The van der Waals surface area contributed by atoms with Gasteiger partial charge in [-0.25, -0.2) is 0 Å². The third kappa shape index (κ3) is 1.33. The van der Waals surface area contributed by atoms with Crippen LogP contribution < -0.4 is 17.2 Å². The van der Waals surface area contributed by atoms with Gasteiger partial charge in [-0.1, -0.05) is 0 Å². The topological polar surface area (TPSA) is 87.8 Å². The summed E-state index contributed by atoms with van der Waals surface area (Å²) in [5, 5.41) is 0. The van der Waals surface area contributed by atoms with Gasteiger partial charge in [-0.2, -0.15) is 0 Å². The van der Waals surface area contributed by atoms with Crippen LogP contribution in [0.1, 0.15) is 0 Å². The second-order valence-corrected chi connectivity index (χ2v) is 3.24. The van der Waals surface area contributed by atoms with Crippen molar-refractivity contribution in [1.29, 1.82) is 0 Å². The quantitative estimate of drug-likeness (QED) is 0.377. The van der Waals surface area contributed by atoms with Crippen molar-refractivity contribution in [1.82, 2.24) is 14.7 Å². The maximum Gasteiger partial charge on any atom is 0.118 e. The SMILES string of the molecule is CN1C(N)N(C)C(N)N(C)C1N. The van der Waals surface area contributed by atoms with Crippen LogP contribution in [0.2, 0.25) is 0 Å². The van der Waals surface area contributed by atoms with E-state index in [0.717, 1.165) is 0 Å². The highest BCUT2D eigenvalue weighted by atomic mass is 15.6. The average molecular weight is 174 g/mol. The molecule has 0 amide bonds. The molecular formula is C6H18N6. The van der Waals surface area contributed by atoms with Crippen molar-refractivity contribution in [3.8, 4) is 0 Å². The maximum atomic E-state index is 5.83. The molecule has 0 bridgehead atoms. The molecule has 0 aromatic heterocycles. The molecule has 12 heavy (non-hydrogen) atoms. The number of hydrogen-bond donors (Lipinski definition) is 3. The molecule has 1 rings (SSSR count). The Hall–Kier alpha value is -0.240. The Labute approximate surface area is 72.9 Å². The zero-order chi connectivity index (χ0) is 9.46. The summed E-state index contributed by atoms with van der Waals surface area (Å²) in [6.45, 7) is 0. The van der Waals surface area contributed by atoms with Crippen molar-refractivity contribution in [2.75, 3.05) is 21.1 Å². The molecule has 0 atom stereocenters. The standard InChI is InChI=1S/C6H18N6/c1-10-4(7)11(2)6(9)12(3)5(10)8/h4-6H,7-9H2,1-3H3. The fourth-order valence-electron chi connectivity index (χ4n) is 1.33. The van der Waals surface area contributed by atoms with Crippen molar-refractivity contribution in [2.45, 2.75) is 18.9 Å². The van der Waals surface area contributed by atoms with Gasteiger partial charge in [0.15, 0.2) is 0 Å². The van der Waals surface area contributed by atoms with Crippen LogP contribution in [-0.4, -0.2) is 54.7 Å². The Morgan fingerprint density at radius 1 is 0.667 bits per heavy atom. The monoisotopic (exact) mass is 174 g/mol. The fraction of sp³-hybridized carbons (Fsp3) is 1.00. The lowest BCUT2D eigenvalue weighted by atomic mass is 10.4. The molecule has 1 saturated heterocycles. The Kier molecular flexibility index (Phi) is 2.67. The zero-order valence-electron chi connectivity index (χ0n) is 7.81. The molecule has 0 saturated carbocycles. The first-order valence-electron chi connectivity index (χ1n) is 3.89. The van der Waals surface area contributed by atoms with Crippen LogP contribution in [0.15, 0.2) is 0 Å². The Bertz CT molecular complexity index is 104. The third-order valence-corrected chi connectivity index (χ3v) is 2.50. The summed E-state index contributed by atoms with van der Waals surface area (Å²) < 4.78 is 0. The zero-order valence-corrected chi connectivity index (χ0v) is 7.81. The van der Waals surface area contributed by atoms with E-state index in [4.69, 9.17) is 17.2 Å². The van der Waals surface area contributed by atoms with E-state index in [0.29, 0.717) is 0 Å². The van der Waals surface area contributed by atoms with Gasteiger partial charge < -0.3 is 17.2 Å². The number of rotatable bonds is 0. The van der Waals surface area contributed by atoms with Gasteiger partial charge in [0.05, 0.1) is 0 Å². The van der Waals surface area contributed by atoms with Crippen molar-refractivity contribution < 1.29 is 0 Å². The predicted octanol–water partition coefficient (Wildman–Crippen LogP) is -2.48. The van der Waals surface area contributed by atoms with Gasteiger partial charge in [0.2, 0.25) is 0 Å². The molecule has 0 radical (unpaired) electrons. The highest BCUT2D eigenvalue weighted by Crippen LogP contribution is 2.12. The second kappa shape index (κ2) is 3.25. The molecular weight excluding hydrogens is 156 g/mol. The van der Waals surface area contributed by atoms with Crippen LogP contribution in [0.4, 0.5) is 0 Å². The summed E-state index contributed by atoms with van der Waals surface area (Å²) in [4.78, 5) is 5.55. The smallest absolute Gasteiger partial charge is 0.118 e. The molecule has 0 unspecified atom stereocenters. The minimum Gasteiger partial charge on any atom is -0.303 e. The van der Waals surface area contributed by atoms with Gasteiger partial charge in [0.25, 0.3) is 0 Å². The normalized spacial score (nSPS) is 42.0. The molecule has 1 aliphatic heterocycles. The van der Waals surface area contributed by atoms with E-state index >= 15 is 0 Å². The Balaban J connectivity index is 2.76. The van der Waals surface area contributed by atoms with Crippen LogP contribution in [0.3, 0.4) is 0 Å². The van der Waals surface area contributed by atoms with Crippen LogP contribution in [-0.2, 0) is 0 Å². The summed E-state index contributed by atoms with van der Waals surface area (Å²) >= 11 is 0. The number of nitrogens with two attached hydrogens (primary N) is 3. The fourth-order valence-corrected chi connectivity index (χ4v) is 1.33. The molecule has 72 valence electrons. The molecule has 0 aliphatic carbocycles. The minimum absolute atomic E-state index is 0.216. The Morgan fingerprint density at radius 3 is 1.00 bits per heavy atom. The molecule has 6 nitrogen and oxygen atoms in total. The molecule has 6 N–H and O–H groups in total. The predicted molar refractivity (Wildman–Crippen MR) is 47.2 cm³/mol. The van der Waals surface area contributed by atoms with Crippen LogP contribution in [0.25, 0.3) is 0 Å². The largest absolute Gasteiger partial charge is 0.303 e. The molecule has 1 fully saturated rings. The highest BCUT2D eigenvalue weighted by molar-refractivity contribution is 4.78. The summed E-state index contributed by atoms with van der Waals surface area (Å²) in [5.74, 6) is 0. The second-order valence-electron chi connectivity index (χ2n) is 3.24. The first kappa shape index (κ1) is 9.85. The minimum atomic E-state index is -0.216. The Morgan fingerprint density at radius 2 is 0.833 bits per heavy atom. The van der Waals surface area contributed by atoms with E-state index in [1.54, 1.807) is 0 Å². The first-order valence-corrected chi connectivity index (χ1v) is 3.89. The lowest BCUT2D eigenvalue weighted by molar-refractivity contribution is -0.137. The van der Waals surface area contributed by atoms with Crippen molar-refractivity contribution in [3.05, 3.63) is 0 Å². The number of hydrogen-bond acceptors (Lipinski definition) is 6. The molecule has 0 aromatic carbocycles. The average Bonchev–Trinajstić information content (AvgIpc) is 2.08. The van der Waals surface area contributed by atoms with E-state index < -0.39 is 0 Å². The maximum absolute atomic E-state index is 5.83. The van der Waals surface area contributed by atoms with E-state index in [-0.39, 0.29) is 18.9 Å². The molecule has 1 aliphatic rings. The van der Waals surface area contributed by atoms with E-state index in [1.807, 2.05) is 35.8 Å². The van der Waals surface area contributed by atoms with Crippen LogP contribution in [0.5, 0.6) is 0 Å². The van der Waals surface area contributed by atoms with Gasteiger partial charge in [-0.15, -0.1) is 0 Å². The summed E-state index contributed by atoms with van der Waals surface area (Å²) in [7, 11) is 5.61. The summed E-state index contributed by atoms with van der Waals surface area (Å²) in [6, 6.07) is 0. The van der Waals surface area contributed by atoms with Gasteiger partial charge in [-0.3, -0.25) is 14.7 Å². The highest BCUT2D eigenvalue weighted by Gasteiger charge is 2.35. The summed E-state index contributed by atoms with van der Waals surface area (Å²) in [5.41, 5.74) is 17.5. The third-order valence-electron chi connectivity index (χ3n) is 2.50. The van der Waals surface area contributed by atoms with Gasteiger partial charge in [0.1, 0.15) is 18.9 Å². The van der Waals surface area contributed by atoms with E-state index in [2.05, 4.69) is 0 Å². The molecule has 1 heterocycles. The molecule has 0 spiro atoms. The first-order chi connectivity index (χ1) is 5.46. The van der Waals surface area contributed by atoms with Crippen LogP contribution in [0, 0.1) is 0 Å². The van der Waals surface area contributed by atoms with Crippen molar-refractivity contribution in [3.63, 3.8) is 0 Å². The van der Waals surface area contributed by atoms with E-state index in [9.17, 15) is 0 Å². The molecule has 0 aromatic rings. The summed E-state index contributed by atoms with van der Waals surface area (Å²) in [6.07, 6.45) is -0.649. The molecule has 6 heteroatoms. The van der Waals surface area contributed by atoms with Crippen molar-refractivity contribution >= 4 is 0 Å². The lowest BCUT2D eigenvalue weighted by Crippen LogP contribution is -2.75. The number of nitrogens with zero attached hydrogens (tertiary/aromatic N) is 3.